The van der Waals surface area contributed by atoms with Crippen LogP contribution >= 0.6 is 0 Å². The first-order valence-electron chi connectivity index (χ1n) is 6.74. The van der Waals surface area contributed by atoms with E-state index in [-0.39, 0.29) is 0 Å². The van der Waals surface area contributed by atoms with Gasteiger partial charge >= 0.3 is 0 Å². The number of hydrogen-bond donors (Lipinski definition) is 1. The lowest BCUT2D eigenvalue weighted by atomic mass is 10.1. The number of aliphatic hydroxyl groups excluding tert-OH is 1. The van der Waals surface area contributed by atoms with Crippen LogP contribution in [0, 0.1) is 0 Å². The maximum atomic E-state index is 10.2. The predicted octanol–water partition coefficient (Wildman–Crippen LogP) is 2.86. The molecule has 1 unspecified atom stereocenters. The van der Waals surface area contributed by atoms with Crippen LogP contribution in [0.4, 0.5) is 0 Å². The fourth-order valence-electron chi connectivity index (χ4n) is 2.26. The first-order valence-corrected chi connectivity index (χ1v) is 6.74. The quantitative estimate of drug-likeness (QED) is 0.877. The van der Waals surface area contributed by atoms with Crippen molar-refractivity contribution >= 4 is 0 Å². The van der Waals surface area contributed by atoms with E-state index in [4.69, 9.17) is 4.74 Å². The Labute approximate surface area is 120 Å². The molecule has 0 fully saturated rings. The van der Waals surface area contributed by atoms with Crippen molar-refractivity contribution in [1.29, 1.82) is 0 Å². The van der Waals surface area contributed by atoms with E-state index >= 15 is 0 Å². The molecule has 1 atom stereocenters. The highest BCUT2D eigenvalue weighted by molar-refractivity contribution is 5.33. The minimum atomic E-state index is -0.476. The average Bonchev–Trinajstić information content (AvgIpc) is 2.48. The van der Waals surface area contributed by atoms with Gasteiger partial charge in [-0.2, -0.15) is 0 Å². The number of benzene rings is 2. The van der Waals surface area contributed by atoms with Gasteiger partial charge in [-0.3, -0.25) is 4.90 Å². The number of ether oxygens (including phenoxy) is 1. The Morgan fingerprint density at radius 2 is 1.70 bits per heavy atom. The van der Waals surface area contributed by atoms with Gasteiger partial charge in [0.2, 0.25) is 0 Å². The van der Waals surface area contributed by atoms with Crippen LogP contribution in [0.15, 0.2) is 54.6 Å². The Balaban J connectivity index is 1.97. The standard InChI is InChI=1S/C17H21NO2/c1-18(12-15-10-6-7-11-17(15)20-2)13-16(19)14-8-4-3-5-9-14/h3-11,16,19H,12-13H2,1-2H3. The van der Waals surface area contributed by atoms with Gasteiger partial charge in [0, 0.05) is 18.7 Å². The molecule has 0 radical (unpaired) electrons. The summed E-state index contributed by atoms with van der Waals surface area (Å²) in [5.74, 6) is 0.883. The van der Waals surface area contributed by atoms with E-state index in [1.54, 1.807) is 7.11 Å². The lowest BCUT2D eigenvalue weighted by molar-refractivity contribution is 0.123. The summed E-state index contributed by atoms with van der Waals surface area (Å²) in [7, 11) is 3.68. The van der Waals surface area contributed by atoms with Crippen molar-refractivity contribution in [3.63, 3.8) is 0 Å². The number of rotatable bonds is 6. The van der Waals surface area contributed by atoms with Crippen molar-refractivity contribution in [3.8, 4) is 5.75 Å². The first-order chi connectivity index (χ1) is 9.70. The molecule has 0 spiro atoms. The van der Waals surface area contributed by atoms with E-state index in [9.17, 15) is 5.11 Å². The minimum absolute atomic E-state index is 0.476. The summed E-state index contributed by atoms with van der Waals surface area (Å²) in [6.45, 7) is 1.33. The molecule has 0 heterocycles. The maximum absolute atomic E-state index is 10.2. The Hall–Kier alpha value is -1.84. The van der Waals surface area contributed by atoms with Crippen LogP contribution in [-0.4, -0.2) is 30.7 Å². The van der Waals surface area contributed by atoms with Crippen LogP contribution in [0.5, 0.6) is 5.75 Å². The molecule has 0 saturated heterocycles. The largest absolute Gasteiger partial charge is 0.496 e. The monoisotopic (exact) mass is 271 g/mol. The summed E-state index contributed by atoms with van der Waals surface area (Å²) < 4.78 is 5.35. The molecule has 0 amide bonds. The zero-order valence-corrected chi connectivity index (χ0v) is 12.0. The number of likely N-dealkylation sites (N-methyl/N-ethyl adjacent to an activating group) is 1. The van der Waals surface area contributed by atoms with Crippen molar-refractivity contribution in [1.82, 2.24) is 4.90 Å². The average molecular weight is 271 g/mol. The third-order valence-electron chi connectivity index (χ3n) is 3.30. The molecular formula is C17H21NO2. The third-order valence-corrected chi connectivity index (χ3v) is 3.30. The Bertz CT molecular complexity index is 528. The second-order valence-corrected chi connectivity index (χ2v) is 4.94. The number of nitrogens with zero attached hydrogens (tertiary/aromatic N) is 1. The third kappa shape index (κ3) is 3.83. The summed E-state index contributed by atoms with van der Waals surface area (Å²) in [5.41, 5.74) is 2.07. The van der Waals surface area contributed by atoms with Crippen LogP contribution in [-0.2, 0) is 6.54 Å². The van der Waals surface area contributed by atoms with Crippen LogP contribution in [0.25, 0.3) is 0 Å². The molecule has 2 aromatic rings. The summed E-state index contributed by atoms with van der Waals surface area (Å²) in [6, 6.07) is 17.7. The molecule has 0 saturated carbocycles. The highest BCUT2D eigenvalue weighted by Gasteiger charge is 2.12. The lowest BCUT2D eigenvalue weighted by Gasteiger charge is -2.21. The van der Waals surface area contributed by atoms with Gasteiger partial charge in [0.25, 0.3) is 0 Å². The van der Waals surface area contributed by atoms with E-state index in [1.807, 2.05) is 61.6 Å². The number of methoxy groups -OCH3 is 1. The van der Waals surface area contributed by atoms with E-state index in [0.29, 0.717) is 6.54 Å². The SMILES string of the molecule is COc1ccccc1CN(C)CC(O)c1ccccc1. The van der Waals surface area contributed by atoms with Crippen LogP contribution in [0.2, 0.25) is 0 Å². The topological polar surface area (TPSA) is 32.7 Å². The van der Waals surface area contributed by atoms with E-state index in [1.165, 1.54) is 0 Å². The predicted molar refractivity (Wildman–Crippen MR) is 80.7 cm³/mol. The summed E-state index contributed by atoms with van der Waals surface area (Å²) >= 11 is 0. The molecule has 0 aliphatic heterocycles. The maximum Gasteiger partial charge on any atom is 0.123 e. The van der Waals surface area contributed by atoms with Gasteiger partial charge in [-0.25, -0.2) is 0 Å². The Morgan fingerprint density at radius 3 is 2.40 bits per heavy atom. The zero-order valence-electron chi connectivity index (χ0n) is 12.0. The smallest absolute Gasteiger partial charge is 0.123 e. The molecule has 106 valence electrons. The van der Waals surface area contributed by atoms with Crippen LogP contribution < -0.4 is 4.74 Å². The molecule has 0 aliphatic carbocycles. The van der Waals surface area contributed by atoms with Crippen molar-refractivity contribution < 1.29 is 9.84 Å². The van der Waals surface area contributed by atoms with E-state index in [2.05, 4.69) is 4.90 Å². The molecule has 1 N–H and O–H groups in total. The molecule has 0 aliphatic rings. The molecule has 0 bridgehead atoms. The number of para-hydroxylation sites is 1. The summed E-state index contributed by atoms with van der Waals surface area (Å²) in [5, 5.41) is 10.2. The van der Waals surface area contributed by atoms with Gasteiger partial charge in [-0.15, -0.1) is 0 Å². The minimum Gasteiger partial charge on any atom is -0.496 e. The Kier molecular flexibility index (Phi) is 5.16. The number of aliphatic hydroxyl groups is 1. The fourth-order valence-corrected chi connectivity index (χ4v) is 2.26. The first kappa shape index (κ1) is 14.6. The highest BCUT2D eigenvalue weighted by atomic mass is 16.5. The van der Waals surface area contributed by atoms with Gasteiger partial charge in [0.15, 0.2) is 0 Å². The molecule has 3 heteroatoms. The van der Waals surface area contributed by atoms with Crippen LogP contribution in [0.1, 0.15) is 17.2 Å². The van der Waals surface area contributed by atoms with Crippen molar-refractivity contribution in [2.45, 2.75) is 12.6 Å². The molecule has 3 nitrogen and oxygen atoms in total. The molecule has 20 heavy (non-hydrogen) atoms. The Morgan fingerprint density at radius 1 is 1.05 bits per heavy atom. The number of hydrogen-bond acceptors (Lipinski definition) is 3. The van der Waals surface area contributed by atoms with Crippen molar-refractivity contribution in [2.24, 2.45) is 0 Å². The van der Waals surface area contributed by atoms with Gasteiger partial charge in [-0.1, -0.05) is 48.5 Å². The van der Waals surface area contributed by atoms with Gasteiger partial charge in [0.05, 0.1) is 13.2 Å². The van der Waals surface area contributed by atoms with Crippen LogP contribution in [0.3, 0.4) is 0 Å². The lowest BCUT2D eigenvalue weighted by Crippen LogP contribution is -2.24. The molecular weight excluding hydrogens is 250 g/mol. The molecule has 0 aromatic heterocycles. The molecule has 2 rings (SSSR count). The molecule has 2 aromatic carbocycles. The van der Waals surface area contributed by atoms with Crippen molar-refractivity contribution in [2.75, 3.05) is 20.7 Å². The second kappa shape index (κ2) is 7.08. The summed E-state index contributed by atoms with van der Waals surface area (Å²) in [6.07, 6.45) is -0.476. The van der Waals surface area contributed by atoms with E-state index < -0.39 is 6.10 Å². The van der Waals surface area contributed by atoms with Gasteiger partial charge in [0.1, 0.15) is 5.75 Å². The van der Waals surface area contributed by atoms with Gasteiger partial charge in [-0.05, 0) is 18.7 Å². The summed E-state index contributed by atoms with van der Waals surface area (Å²) in [4.78, 5) is 2.09. The normalized spacial score (nSPS) is 12.4. The second-order valence-electron chi connectivity index (χ2n) is 4.94. The van der Waals surface area contributed by atoms with Crippen molar-refractivity contribution in [3.05, 3.63) is 65.7 Å². The zero-order chi connectivity index (χ0) is 14.4. The fraction of sp³-hybridized carbons (Fsp3) is 0.294. The highest BCUT2D eigenvalue weighted by Crippen LogP contribution is 2.20. The van der Waals surface area contributed by atoms with Gasteiger partial charge < -0.3 is 9.84 Å². The van der Waals surface area contributed by atoms with E-state index in [0.717, 1.165) is 23.4 Å².